The van der Waals surface area contributed by atoms with Crippen LogP contribution in [0.5, 0.6) is 23.0 Å². The summed E-state index contributed by atoms with van der Waals surface area (Å²) >= 11 is 0. The van der Waals surface area contributed by atoms with Crippen LogP contribution in [0.1, 0.15) is 29.2 Å². The van der Waals surface area contributed by atoms with Gasteiger partial charge in [-0.15, -0.1) is 0 Å². The summed E-state index contributed by atoms with van der Waals surface area (Å²) in [6.45, 7) is 1.41. The lowest BCUT2D eigenvalue weighted by Gasteiger charge is -2.46. The third-order valence-corrected chi connectivity index (χ3v) is 8.24. The van der Waals surface area contributed by atoms with Gasteiger partial charge in [0, 0.05) is 18.4 Å². The lowest BCUT2D eigenvalue weighted by atomic mass is 9.86. The van der Waals surface area contributed by atoms with Crippen molar-refractivity contribution < 1.29 is 46.3 Å². The molecule has 0 aliphatic carbocycles. The van der Waals surface area contributed by atoms with Crippen LogP contribution in [0.3, 0.4) is 0 Å². The van der Waals surface area contributed by atoms with Gasteiger partial charge in [0.05, 0.1) is 59.9 Å². The molecule has 0 bridgehead atoms. The Kier molecular flexibility index (Phi) is 10.6. The highest BCUT2D eigenvalue weighted by atomic mass is 32.2. The van der Waals surface area contributed by atoms with Gasteiger partial charge in [0.2, 0.25) is 0 Å². The second kappa shape index (κ2) is 13.7. The standard InChI is InChI=1S/C24H31NO6.C6H6O3S/c1-25(11-9-24(26)27)10-8-17-14-22(30-4)23(31-5)15-18(17)19(25)12-16-6-7-20(28-2)21(13-16)29-3;7-10(8,9)6-4-2-1-3-5-6/h6-7,13-15,19H,8-12H2,1-5H3;1-5H,(H,7,8,9)/t19-,25+;/m0./s1. The number of rotatable bonds is 10. The Morgan fingerprint density at radius 1 is 0.902 bits per heavy atom. The van der Waals surface area contributed by atoms with Crippen molar-refractivity contribution in [2.75, 3.05) is 48.6 Å². The summed E-state index contributed by atoms with van der Waals surface area (Å²) < 4.78 is 53.4. The maximum atomic E-state index is 11.4. The number of ether oxygens (including phenoxy) is 4. The SMILES string of the molecule is COc1ccc(C[C@H]2c3cc(OC)c(OC)cc3CC[N@+]2(C)CCC(=O)O)cc1OC.O=S(=O)([O-])c1ccccc1. The molecule has 1 heterocycles. The first kappa shape index (κ1) is 31.7. The zero-order valence-corrected chi connectivity index (χ0v) is 24.8. The van der Waals surface area contributed by atoms with Crippen molar-refractivity contribution in [2.24, 2.45) is 0 Å². The molecule has 3 aromatic carbocycles. The third kappa shape index (κ3) is 7.90. The van der Waals surface area contributed by atoms with Gasteiger partial charge < -0.3 is 33.1 Å². The number of nitrogens with zero attached hydrogens (tertiary/aromatic N) is 1. The van der Waals surface area contributed by atoms with Gasteiger partial charge >= 0.3 is 5.97 Å². The molecular weight excluding hydrogens is 550 g/mol. The molecule has 4 rings (SSSR count). The molecule has 0 aromatic heterocycles. The molecule has 0 unspecified atom stereocenters. The number of carbonyl (C=O) groups is 1. The Balaban J connectivity index is 0.000000389. The summed E-state index contributed by atoms with van der Waals surface area (Å²) in [5, 5.41) is 9.33. The minimum Gasteiger partial charge on any atom is -0.744 e. The number of fused-ring (bicyclic) bond motifs is 1. The van der Waals surface area contributed by atoms with E-state index >= 15 is 0 Å². The molecule has 10 nitrogen and oxygen atoms in total. The Hall–Kier alpha value is -3.80. The van der Waals surface area contributed by atoms with Crippen molar-refractivity contribution in [3.05, 3.63) is 77.4 Å². The fourth-order valence-electron chi connectivity index (χ4n) is 5.10. The second-order valence-corrected chi connectivity index (χ2v) is 11.3. The molecular formula is C30H37NO9S. The average molecular weight is 588 g/mol. The van der Waals surface area contributed by atoms with E-state index in [-0.39, 0.29) is 17.4 Å². The minimum absolute atomic E-state index is 0.0704. The number of carboxylic acid groups (broad SMARTS) is 1. The molecule has 0 saturated carbocycles. The van der Waals surface area contributed by atoms with Crippen LogP contribution in [0.2, 0.25) is 0 Å². The normalized spacial score (nSPS) is 17.9. The van der Waals surface area contributed by atoms with Crippen LogP contribution < -0.4 is 18.9 Å². The fraction of sp³-hybridized carbons (Fsp3) is 0.367. The van der Waals surface area contributed by atoms with E-state index < -0.39 is 16.1 Å². The smallest absolute Gasteiger partial charge is 0.309 e. The van der Waals surface area contributed by atoms with E-state index in [2.05, 4.69) is 19.2 Å². The maximum Gasteiger partial charge on any atom is 0.309 e. The number of carboxylic acids is 1. The van der Waals surface area contributed by atoms with E-state index in [9.17, 15) is 22.9 Å². The number of methoxy groups -OCH3 is 4. The van der Waals surface area contributed by atoms with Crippen LogP contribution in [0.4, 0.5) is 0 Å². The summed E-state index contributed by atoms with van der Waals surface area (Å²) in [4.78, 5) is 11.2. The van der Waals surface area contributed by atoms with Gasteiger partial charge in [-0.2, -0.15) is 0 Å². The first-order valence-electron chi connectivity index (χ1n) is 13.0. The van der Waals surface area contributed by atoms with Gasteiger partial charge in [-0.1, -0.05) is 24.3 Å². The second-order valence-electron chi connectivity index (χ2n) is 9.90. The molecule has 0 spiro atoms. The van der Waals surface area contributed by atoms with E-state index in [1.807, 2.05) is 18.2 Å². The molecule has 41 heavy (non-hydrogen) atoms. The van der Waals surface area contributed by atoms with Crippen LogP contribution in [0, 0.1) is 0 Å². The first-order chi connectivity index (χ1) is 19.4. The number of likely N-dealkylation sites (N-methyl/N-ethyl adjacent to an activating group) is 1. The highest BCUT2D eigenvalue weighted by molar-refractivity contribution is 7.85. The van der Waals surface area contributed by atoms with Crippen molar-refractivity contribution in [2.45, 2.75) is 30.2 Å². The Morgan fingerprint density at radius 3 is 2.02 bits per heavy atom. The Morgan fingerprint density at radius 2 is 1.49 bits per heavy atom. The van der Waals surface area contributed by atoms with Crippen molar-refractivity contribution in [3.8, 4) is 23.0 Å². The van der Waals surface area contributed by atoms with Crippen molar-refractivity contribution in [1.29, 1.82) is 0 Å². The molecule has 1 aliphatic heterocycles. The van der Waals surface area contributed by atoms with Gasteiger partial charge in [0.1, 0.15) is 16.2 Å². The maximum absolute atomic E-state index is 11.4. The molecule has 1 aliphatic rings. The van der Waals surface area contributed by atoms with Crippen LogP contribution in [0.25, 0.3) is 0 Å². The summed E-state index contributed by atoms with van der Waals surface area (Å²) in [5.74, 6) is 1.99. The van der Waals surface area contributed by atoms with E-state index in [0.717, 1.165) is 24.9 Å². The number of hydrogen-bond donors (Lipinski definition) is 1. The molecule has 2 atom stereocenters. The number of quaternary nitrogens is 1. The van der Waals surface area contributed by atoms with E-state index in [1.165, 1.54) is 35.4 Å². The zero-order chi connectivity index (χ0) is 30.2. The summed E-state index contributed by atoms with van der Waals surface area (Å²) in [6.07, 6.45) is 1.72. The average Bonchev–Trinajstić information content (AvgIpc) is 2.97. The lowest BCUT2D eigenvalue weighted by molar-refractivity contribution is -0.940. The topological polar surface area (TPSA) is 131 Å². The molecule has 1 N–H and O–H groups in total. The van der Waals surface area contributed by atoms with E-state index in [4.69, 9.17) is 18.9 Å². The van der Waals surface area contributed by atoms with Crippen LogP contribution in [0.15, 0.2) is 65.6 Å². The highest BCUT2D eigenvalue weighted by Gasteiger charge is 2.40. The minimum atomic E-state index is -4.25. The quantitative estimate of drug-likeness (QED) is 0.275. The third-order valence-electron chi connectivity index (χ3n) is 7.39. The van der Waals surface area contributed by atoms with Crippen molar-refractivity contribution in [1.82, 2.24) is 0 Å². The largest absolute Gasteiger partial charge is 0.744 e. The molecule has 3 aromatic rings. The van der Waals surface area contributed by atoms with E-state index in [0.29, 0.717) is 34.0 Å². The molecule has 0 fully saturated rings. The molecule has 222 valence electrons. The van der Waals surface area contributed by atoms with Gasteiger partial charge in [-0.3, -0.25) is 4.79 Å². The summed E-state index contributed by atoms with van der Waals surface area (Å²) in [6, 6.07) is 17.3. The molecule has 0 radical (unpaired) electrons. The van der Waals surface area contributed by atoms with Crippen LogP contribution >= 0.6 is 0 Å². The number of hydrogen-bond acceptors (Lipinski definition) is 8. The van der Waals surface area contributed by atoms with Gasteiger partial charge in [0.25, 0.3) is 0 Å². The fourth-order valence-corrected chi connectivity index (χ4v) is 5.59. The molecule has 0 amide bonds. The number of benzene rings is 3. The Bertz CT molecular complexity index is 1440. The van der Waals surface area contributed by atoms with Crippen molar-refractivity contribution >= 4 is 16.1 Å². The summed E-state index contributed by atoms with van der Waals surface area (Å²) in [7, 11) is 4.41. The molecule has 0 saturated heterocycles. The predicted molar refractivity (Wildman–Crippen MR) is 152 cm³/mol. The first-order valence-corrected chi connectivity index (χ1v) is 14.4. The number of aliphatic carboxylic acids is 1. The van der Waals surface area contributed by atoms with Crippen LogP contribution in [-0.4, -0.2) is 77.1 Å². The van der Waals surface area contributed by atoms with Gasteiger partial charge in [-0.05, 0) is 47.5 Å². The van der Waals surface area contributed by atoms with Gasteiger partial charge in [0.15, 0.2) is 23.0 Å². The highest BCUT2D eigenvalue weighted by Crippen LogP contribution is 2.43. The molecule has 11 heteroatoms. The predicted octanol–water partition coefficient (Wildman–Crippen LogP) is 4.07. The monoisotopic (exact) mass is 587 g/mol. The summed E-state index contributed by atoms with van der Waals surface area (Å²) in [5.41, 5.74) is 3.49. The Labute approximate surface area is 241 Å². The van der Waals surface area contributed by atoms with E-state index in [1.54, 1.807) is 34.5 Å². The lowest BCUT2D eigenvalue weighted by Crippen LogP contribution is -2.53. The van der Waals surface area contributed by atoms with Crippen LogP contribution in [-0.2, 0) is 27.8 Å². The van der Waals surface area contributed by atoms with Crippen molar-refractivity contribution in [3.63, 3.8) is 0 Å². The van der Waals surface area contributed by atoms with Gasteiger partial charge in [-0.25, -0.2) is 8.42 Å². The zero-order valence-electron chi connectivity index (χ0n) is 24.0.